The number of hydrogen-bond acceptors (Lipinski definition) is 5. The van der Waals surface area contributed by atoms with Crippen molar-refractivity contribution in [1.29, 1.82) is 0 Å². The van der Waals surface area contributed by atoms with E-state index in [2.05, 4.69) is 23.4 Å². The summed E-state index contributed by atoms with van der Waals surface area (Å²) in [7, 11) is 0. The molecule has 122 valence electrons. The molecule has 0 aromatic carbocycles. The minimum atomic E-state index is -0.269. The van der Waals surface area contributed by atoms with Gasteiger partial charge in [-0.05, 0) is 38.5 Å². The largest absolute Gasteiger partial charge is 0.369 e. The van der Waals surface area contributed by atoms with E-state index in [1.807, 2.05) is 4.68 Å². The molecule has 1 aromatic heterocycles. The summed E-state index contributed by atoms with van der Waals surface area (Å²) in [6.07, 6.45) is 8.46. The topological polar surface area (TPSA) is 58.4 Å². The van der Waals surface area contributed by atoms with Crippen LogP contribution in [0.1, 0.15) is 51.1 Å². The zero-order valence-corrected chi connectivity index (χ0v) is 13.3. The van der Waals surface area contributed by atoms with Gasteiger partial charge in [-0.1, -0.05) is 5.21 Å². The zero-order valence-electron chi connectivity index (χ0n) is 13.3. The molecule has 22 heavy (non-hydrogen) atoms. The average molecular weight is 307 g/mol. The van der Waals surface area contributed by atoms with Crippen LogP contribution < -0.4 is 0 Å². The van der Waals surface area contributed by atoms with Crippen molar-refractivity contribution in [1.82, 2.24) is 15.0 Å². The lowest BCUT2D eigenvalue weighted by Gasteiger charge is -2.35. The molecule has 1 saturated carbocycles. The van der Waals surface area contributed by atoms with Crippen LogP contribution in [0.5, 0.6) is 0 Å². The highest BCUT2D eigenvalue weighted by molar-refractivity contribution is 5.07. The predicted octanol–water partition coefficient (Wildman–Crippen LogP) is 2.24. The maximum Gasteiger partial charge on any atom is 0.168 e. The lowest BCUT2D eigenvalue weighted by molar-refractivity contribution is -0.183. The smallest absolute Gasteiger partial charge is 0.168 e. The van der Waals surface area contributed by atoms with Crippen molar-refractivity contribution in [2.24, 2.45) is 5.92 Å². The fraction of sp³-hybridized carbons (Fsp3) is 0.875. The Labute approximate surface area is 131 Å². The van der Waals surface area contributed by atoms with E-state index < -0.39 is 0 Å². The van der Waals surface area contributed by atoms with Gasteiger partial charge in [0.15, 0.2) is 5.79 Å². The molecule has 2 aliphatic heterocycles. The lowest BCUT2D eigenvalue weighted by Crippen LogP contribution is -2.36. The van der Waals surface area contributed by atoms with Gasteiger partial charge in [-0.25, -0.2) is 0 Å². The zero-order chi connectivity index (χ0) is 15.0. The molecular formula is C16H25N3O3. The van der Waals surface area contributed by atoms with Crippen LogP contribution in [0.3, 0.4) is 0 Å². The van der Waals surface area contributed by atoms with Gasteiger partial charge in [0.25, 0.3) is 0 Å². The van der Waals surface area contributed by atoms with E-state index in [9.17, 15) is 0 Å². The first-order chi connectivity index (χ1) is 10.7. The highest BCUT2D eigenvalue weighted by atomic mass is 16.7. The van der Waals surface area contributed by atoms with Crippen LogP contribution in [-0.4, -0.2) is 40.6 Å². The van der Waals surface area contributed by atoms with Gasteiger partial charge in [-0.15, -0.1) is 5.10 Å². The van der Waals surface area contributed by atoms with Crippen molar-refractivity contribution in [3.63, 3.8) is 0 Å². The first-order valence-corrected chi connectivity index (χ1v) is 8.50. The number of rotatable bonds is 3. The fourth-order valence-electron chi connectivity index (χ4n) is 3.96. The van der Waals surface area contributed by atoms with Crippen LogP contribution in [0, 0.1) is 5.92 Å². The van der Waals surface area contributed by atoms with Gasteiger partial charge in [0, 0.05) is 26.0 Å². The second-order valence-electron chi connectivity index (χ2n) is 7.06. The van der Waals surface area contributed by atoms with Crippen molar-refractivity contribution in [3.8, 4) is 0 Å². The summed E-state index contributed by atoms with van der Waals surface area (Å²) in [5, 5.41) is 8.66. The highest BCUT2D eigenvalue weighted by Crippen LogP contribution is 2.39. The third kappa shape index (κ3) is 2.68. The van der Waals surface area contributed by atoms with Gasteiger partial charge in [0.05, 0.1) is 19.4 Å². The molecule has 4 rings (SSSR count). The monoisotopic (exact) mass is 307 g/mol. The summed E-state index contributed by atoms with van der Waals surface area (Å²) in [4.78, 5) is 0. The number of ether oxygens (including phenoxy) is 3. The molecule has 1 aromatic rings. The van der Waals surface area contributed by atoms with Crippen molar-refractivity contribution < 1.29 is 14.2 Å². The van der Waals surface area contributed by atoms with Gasteiger partial charge in [-0.2, -0.15) is 0 Å². The molecule has 6 nitrogen and oxygen atoms in total. The first kappa shape index (κ1) is 14.6. The minimum absolute atomic E-state index is 0.236. The number of aromatic nitrogens is 3. The normalized spacial score (nSPS) is 32.0. The Morgan fingerprint density at radius 1 is 1.14 bits per heavy atom. The first-order valence-electron chi connectivity index (χ1n) is 8.50. The molecule has 1 spiro atoms. The van der Waals surface area contributed by atoms with Crippen LogP contribution in [0.4, 0.5) is 0 Å². The molecule has 0 amide bonds. The summed E-state index contributed by atoms with van der Waals surface area (Å²) >= 11 is 0. The van der Waals surface area contributed by atoms with E-state index in [1.165, 1.54) is 0 Å². The standard InChI is InChI=1S/C16H25N3O3/c1-15(5-2-8-20-15)14-12-19(18-17-14)11-13-3-6-16(7-4-13)21-9-10-22-16/h12-13H,2-11H2,1H3. The van der Waals surface area contributed by atoms with E-state index in [-0.39, 0.29) is 11.4 Å². The summed E-state index contributed by atoms with van der Waals surface area (Å²) in [6.45, 7) is 5.37. The second kappa shape index (κ2) is 5.58. The highest BCUT2D eigenvalue weighted by Gasteiger charge is 2.40. The minimum Gasteiger partial charge on any atom is -0.369 e. The average Bonchev–Trinajstić information content (AvgIpc) is 3.24. The fourth-order valence-corrected chi connectivity index (χ4v) is 3.96. The van der Waals surface area contributed by atoms with Gasteiger partial charge in [-0.3, -0.25) is 4.68 Å². The SMILES string of the molecule is CC1(c2cn(CC3CCC4(CC3)OCCO4)nn2)CCCO1. The Morgan fingerprint density at radius 3 is 2.59 bits per heavy atom. The van der Waals surface area contributed by atoms with Gasteiger partial charge >= 0.3 is 0 Å². The molecule has 1 aliphatic carbocycles. The van der Waals surface area contributed by atoms with Crippen molar-refractivity contribution >= 4 is 0 Å². The molecule has 6 heteroatoms. The molecule has 3 fully saturated rings. The molecule has 1 atom stereocenters. The molecule has 1 unspecified atom stereocenters. The van der Waals surface area contributed by atoms with Crippen LogP contribution in [-0.2, 0) is 26.4 Å². The summed E-state index contributed by atoms with van der Waals surface area (Å²) in [5.74, 6) is 0.361. The molecule has 3 aliphatic rings. The molecule has 0 N–H and O–H groups in total. The summed E-state index contributed by atoms with van der Waals surface area (Å²) < 4.78 is 19.4. The van der Waals surface area contributed by atoms with Crippen molar-refractivity contribution in [3.05, 3.63) is 11.9 Å². The molecule has 2 saturated heterocycles. The maximum absolute atomic E-state index is 5.84. The van der Waals surface area contributed by atoms with E-state index in [0.29, 0.717) is 5.92 Å². The molecule has 0 bridgehead atoms. The van der Waals surface area contributed by atoms with Gasteiger partial charge in [0.1, 0.15) is 11.3 Å². The summed E-state index contributed by atoms with van der Waals surface area (Å²) in [6, 6.07) is 0. The van der Waals surface area contributed by atoms with Crippen LogP contribution in [0.15, 0.2) is 6.20 Å². The van der Waals surface area contributed by atoms with Crippen LogP contribution in [0.25, 0.3) is 0 Å². The third-order valence-corrected chi connectivity index (χ3v) is 5.43. The third-order valence-electron chi connectivity index (χ3n) is 5.43. The Morgan fingerprint density at radius 2 is 1.91 bits per heavy atom. The quantitative estimate of drug-likeness (QED) is 0.857. The van der Waals surface area contributed by atoms with Gasteiger partial charge in [0.2, 0.25) is 0 Å². The van der Waals surface area contributed by atoms with Gasteiger partial charge < -0.3 is 14.2 Å². The second-order valence-corrected chi connectivity index (χ2v) is 7.06. The lowest BCUT2D eigenvalue weighted by atomic mass is 9.85. The maximum atomic E-state index is 5.84. The van der Waals surface area contributed by atoms with Crippen LogP contribution >= 0.6 is 0 Å². The Bertz CT molecular complexity index is 508. The Kier molecular flexibility index (Phi) is 3.71. The Balaban J connectivity index is 1.35. The van der Waals surface area contributed by atoms with Crippen molar-refractivity contribution in [2.75, 3.05) is 19.8 Å². The summed E-state index contributed by atoms with van der Waals surface area (Å²) in [5.41, 5.74) is 0.736. The van der Waals surface area contributed by atoms with Crippen molar-refractivity contribution in [2.45, 2.75) is 63.4 Å². The molecule has 3 heterocycles. The predicted molar refractivity (Wildman–Crippen MR) is 79.2 cm³/mol. The molecule has 0 radical (unpaired) electrons. The number of nitrogens with zero attached hydrogens (tertiary/aromatic N) is 3. The van der Waals surface area contributed by atoms with E-state index in [1.54, 1.807) is 0 Å². The number of hydrogen-bond donors (Lipinski definition) is 0. The van der Waals surface area contributed by atoms with E-state index >= 15 is 0 Å². The Hall–Kier alpha value is -0.980. The van der Waals surface area contributed by atoms with Crippen LogP contribution in [0.2, 0.25) is 0 Å². The van der Waals surface area contributed by atoms with E-state index in [4.69, 9.17) is 14.2 Å². The van der Waals surface area contributed by atoms with E-state index in [0.717, 1.165) is 70.6 Å². The molecular weight excluding hydrogens is 282 g/mol.